The van der Waals surface area contributed by atoms with Gasteiger partial charge in [-0.3, -0.25) is 4.48 Å². The molecule has 0 saturated carbocycles. The van der Waals surface area contributed by atoms with Crippen LogP contribution in [0.25, 0.3) is 0 Å². The zero-order chi connectivity index (χ0) is 19.8. The van der Waals surface area contributed by atoms with Gasteiger partial charge in [0.25, 0.3) is 0 Å². The van der Waals surface area contributed by atoms with Crippen LogP contribution >= 0.6 is 0 Å². The zero-order valence-corrected chi connectivity index (χ0v) is 16.8. The first kappa shape index (κ1) is 19.2. The van der Waals surface area contributed by atoms with Gasteiger partial charge < -0.3 is 0 Å². The Morgan fingerprint density at radius 3 is 1.03 bits per heavy atom. The molecule has 0 aliphatic carbocycles. The van der Waals surface area contributed by atoms with E-state index in [1.165, 1.54) is 22.5 Å². The highest BCUT2D eigenvalue weighted by atomic mass is 15.4. The average Bonchev–Trinajstić information content (AvgIpc) is 2.82. The van der Waals surface area contributed by atoms with Crippen molar-refractivity contribution in [3.63, 3.8) is 0 Å². The van der Waals surface area contributed by atoms with Gasteiger partial charge in [-0.1, -0.05) is 97.1 Å². The van der Waals surface area contributed by atoms with Gasteiger partial charge in [0.15, 0.2) is 0 Å². The molecule has 0 fully saturated rings. The molecule has 0 unspecified atom stereocenters. The first-order valence-corrected chi connectivity index (χ1v) is 10.4. The van der Waals surface area contributed by atoms with E-state index in [9.17, 15) is 0 Å². The van der Waals surface area contributed by atoms with Gasteiger partial charge in [0.1, 0.15) is 11.4 Å². The first-order chi connectivity index (χ1) is 14.4. The van der Waals surface area contributed by atoms with E-state index in [0.29, 0.717) is 0 Å². The Hall–Kier alpha value is -3.16. The van der Waals surface area contributed by atoms with Crippen molar-refractivity contribution in [2.45, 2.75) is 12.8 Å². The molecule has 1 nitrogen and oxygen atoms in total. The molecular weight excluding hydrogens is 350 g/mol. The van der Waals surface area contributed by atoms with Crippen LogP contribution in [0.2, 0.25) is 0 Å². The van der Waals surface area contributed by atoms with Gasteiger partial charge in [-0.25, -0.2) is 0 Å². The van der Waals surface area contributed by atoms with Gasteiger partial charge in [-0.05, 0) is 35.4 Å². The van der Waals surface area contributed by atoms with Crippen LogP contribution in [0.4, 0.5) is 11.4 Å². The molecule has 0 aliphatic rings. The number of nitrogens with zero attached hydrogens (tertiary/aromatic N) is 1. The van der Waals surface area contributed by atoms with Crippen LogP contribution in [0.1, 0.15) is 11.1 Å². The number of para-hydroxylation sites is 2. The van der Waals surface area contributed by atoms with Gasteiger partial charge in [-0.15, -0.1) is 0 Å². The molecule has 0 saturated heterocycles. The Bertz CT molecular complexity index is 894. The van der Waals surface area contributed by atoms with E-state index < -0.39 is 0 Å². The summed E-state index contributed by atoms with van der Waals surface area (Å²) in [6.45, 7) is 2.07. The third-order valence-electron chi connectivity index (χ3n) is 5.75. The fraction of sp³-hybridized carbons (Fsp3) is 0.143. The lowest BCUT2D eigenvalue weighted by Gasteiger charge is -2.38. The molecule has 0 spiro atoms. The van der Waals surface area contributed by atoms with E-state index >= 15 is 0 Å². The highest BCUT2D eigenvalue weighted by Crippen LogP contribution is 2.35. The van der Waals surface area contributed by atoms with Crippen LogP contribution < -0.4 is 4.48 Å². The lowest BCUT2D eigenvalue weighted by Crippen LogP contribution is -2.47. The zero-order valence-electron chi connectivity index (χ0n) is 16.8. The summed E-state index contributed by atoms with van der Waals surface area (Å²) < 4.78 is 0.853. The van der Waals surface area contributed by atoms with E-state index in [0.717, 1.165) is 30.4 Å². The number of hydrogen-bond donors (Lipinski definition) is 0. The lowest BCUT2D eigenvalue weighted by atomic mass is 10.0. The van der Waals surface area contributed by atoms with E-state index in [1.54, 1.807) is 0 Å². The van der Waals surface area contributed by atoms with Crippen molar-refractivity contribution in [1.29, 1.82) is 0 Å². The van der Waals surface area contributed by atoms with Crippen LogP contribution in [0.5, 0.6) is 0 Å². The molecular formula is C28H28N+. The van der Waals surface area contributed by atoms with Gasteiger partial charge in [0, 0.05) is 12.8 Å². The predicted octanol–water partition coefficient (Wildman–Crippen LogP) is 6.81. The van der Waals surface area contributed by atoms with Crippen molar-refractivity contribution >= 4 is 11.4 Å². The maximum atomic E-state index is 2.28. The van der Waals surface area contributed by atoms with Crippen molar-refractivity contribution in [3.8, 4) is 0 Å². The Morgan fingerprint density at radius 2 is 0.690 bits per heavy atom. The van der Waals surface area contributed by atoms with Crippen molar-refractivity contribution in [3.05, 3.63) is 132 Å². The summed E-state index contributed by atoms with van der Waals surface area (Å²) >= 11 is 0. The Morgan fingerprint density at radius 1 is 0.379 bits per heavy atom. The molecule has 29 heavy (non-hydrogen) atoms. The molecule has 0 aromatic heterocycles. The van der Waals surface area contributed by atoms with Gasteiger partial charge >= 0.3 is 0 Å². The molecule has 144 valence electrons. The van der Waals surface area contributed by atoms with E-state index in [1.807, 2.05) is 0 Å². The average molecular weight is 379 g/mol. The largest absolute Gasteiger partial charge is 0.258 e. The van der Waals surface area contributed by atoms with Crippen LogP contribution in [0.15, 0.2) is 121 Å². The Kier molecular flexibility index (Phi) is 6.19. The number of benzene rings is 4. The highest BCUT2D eigenvalue weighted by molar-refractivity contribution is 5.58. The van der Waals surface area contributed by atoms with Crippen LogP contribution in [0.3, 0.4) is 0 Å². The van der Waals surface area contributed by atoms with Gasteiger partial charge in [0.05, 0.1) is 13.1 Å². The smallest absolute Gasteiger partial charge is 0.137 e. The van der Waals surface area contributed by atoms with Crippen LogP contribution in [0, 0.1) is 0 Å². The van der Waals surface area contributed by atoms with Gasteiger partial charge in [0.2, 0.25) is 0 Å². The van der Waals surface area contributed by atoms with Crippen molar-refractivity contribution in [1.82, 2.24) is 4.48 Å². The van der Waals surface area contributed by atoms with Crippen molar-refractivity contribution < 1.29 is 0 Å². The molecule has 0 amide bonds. The maximum absolute atomic E-state index is 2.28. The van der Waals surface area contributed by atoms with Gasteiger partial charge in [-0.2, -0.15) is 0 Å². The first-order valence-electron chi connectivity index (χ1n) is 10.4. The van der Waals surface area contributed by atoms with E-state index in [2.05, 4.69) is 121 Å². The molecule has 4 aromatic rings. The Balaban J connectivity index is 1.73. The second kappa shape index (κ2) is 9.36. The lowest BCUT2D eigenvalue weighted by molar-refractivity contribution is 0.388. The fourth-order valence-corrected chi connectivity index (χ4v) is 4.13. The van der Waals surface area contributed by atoms with E-state index in [4.69, 9.17) is 0 Å². The molecule has 0 atom stereocenters. The summed E-state index contributed by atoms with van der Waals surface area (Å²) in [7, 11) is 0. The minimum atomic E-state index is 0.853. The fourth-order valence-electron chi connectivity index (χ4n) is 4.13. The standard InChI is InChI=1S/C28H28N/c1-5-13-25(14-6-1)21-23-29(27-17-9-3-10-18-27,28-19-11-4-12-20-28)24-22-26-15-7-2-8-16-26/h1-20H,21-24H2/q+1. The third kappa shape index (κ3) is 4.64. The highest BCUT2D eigenvalue weighted by Gasteiger charge is 2.32. The normalized spacial score (nSPS) is 11.3. The van der Waals surface area contributed by atoms with Crippen molar-refractivity contribution in [2.75, 3.05) is 13.1 Å². The predicted molar refractivity (Wildman–Crippen MR) is 124 cm³/mol. The molecule has 0 N–H and O–H groups in total. The molecule has 0 heterocycles. The van der Waals surface area contributed by atoms with E-state index in [-0.39, 0.29) is 0 Å². The summed E-state index contributed by atoms with van der Waals surface area (Å²) in [4.78, 5) is 0. The van der Waals surface area contributed by atoms with Crippen LogP contribution in [-0.4, -0.2) is 13.1 Å². The summed E-state index contributed by atoms with van der Waals surface area (Å²) in [6.07, 6.45) is 2.08. The minimum absolute atomic E-state index is 0.853. The summed E-state index contributed by atoms with van der Waals surface area (Å²) in [5, 5.41) is 0. The summed E-state index contributed by atoms with van der Waals surface area (Å²) in [5.74, 6) is 0. The molecule has 4 aromatic carbocycles. The Labute approximate surface area is 174 Å². The second-order valence-corrected chi connectivity index (χ2v) is 7.56. The maximum Gasteiger partial charge on any atom is 0.137 e. The molecule has 0 radical (unpaired) electrons. The third-order valence-corrected chi connectivity index (χ3v) is 5.75. The summed E-state index contributed by atoms with van der Waals surface area (Å²) in [5.41, 5.74) is 5.49. The molecule has 0 aliphatic heterocycles. The number of hydrogen-bond acceptors (Lipinski definition) is 0. The molecule has 4 rings (SSSR count). The topological polar surface area (TPSA) is 0 Å². The van der Waals surface area contributed by atoms with Crippen molar-refractivity contribution in [2.24, 2.45) is 0 Å². The summed E-state index contributed by atoms with van der Waals surface area (Å²) in [6, 6.07) is 43.7. The quantitative estimate of drug-likeness (QED) is 0.295. The second-order valence-electron chi connectivity index (χ2n) is 7.56. The number of rotatable bonds is 8. The van der Waals surface area contributed by atoms with Crippen LogP contribution in [-0.2, 0) is 12.8 Å². The SMILES string of the molecule is c1ccc(CC[N+](CCc2ccccc2)(c2ccccc2)c2ccccc2)cc1. The molecule has 1 heteroatoms. The molecule has 0 bridgehead atoms. The number of quaternary nitrogens is 1. The monoisotopic (exact) mass is 378 g/mol. The minimum Gasteiger partial charge on any atom is -0.258 e.